The van der Waals surface area contributed by atoms with Gasteiger partial charge in [0.05, 0.1) is 5.56 Å². The summed E-state index contributed by atoms with van der Waals surface area (Å²) in [7, 11) is 2.01. The molecule has 2 aliphatic rings. The van der Waals surface area contributed by atoms with E-state index in [1.165, 1.54) is 12.1 Å². The Morgan fingerprint density at radius 2 is 2.00 bits per heavy atom. The van der Waals surface area contributed by atoms with E-state index in [0.717, 1.165) is 66.8 Å². The summed E-state index contributed by atoms with van der Waals surface area (Å²) in [5, 5.41) is 13.7. The Balaban J connectivity index is 1.08. The highest BCUT2D eigenvalue weighted by Crippen LogP contribution is 2.64. The molecule has 0 bridgehead atoms. The molecule has 4 nitrogen and oxygen atoms in total. The molecule has 2 fully saturated rings. The smallest absolute Gasteiger partial charge is 0.305 e. The number of hydrogen-bond donors (Lipinski definition) is 0. The molecule has 170 valence electrons. The van der Waals surface area contributed by atoms with Crippen LogP contribution in [-0.4, -0.2) is 45.1 Å². The van der Waals surface area contributed by atoms with Gasteiger partial charge in [0.15, 0.2) is 11.0 Å². The normalized spacial score (nSPS) is 23.3. The summed E-state index contributed by atoms with van der Waals surface area (Å²) in [5.41, 5.74) is 1.86. The van der Waals surface area contributed by atoms with Crippen LogP contribution in [0.3, 0.4) is 0 Å². The summed E-state index contributed by atoms with van der Waals surface area (Å²) >= 11 is 3.39. The summed E-state index contributed by atoms with van der Waals surface area (Å²) in [5.74, 6) is 2.29. The van der Waals surface area contributed by atoms with E-state index < -0.39 is 11.7 Å². The molecule has 3 aromatic rings. The van der Waals surface area contributed by atoms with Crippen molar-refractivity contribution < 1.29 is 13.2 Å². The van der Waals surface area contributed by atoms with Crippen molar-refractivity contribution in [3.8, 4) is 11.4 Å². The molecule has 0 radical (unpaired) electrons. The number of aromatic nitrogens is 3. The van der Waals surface area contributed by atoms with E-state index in [0.29, 0.717) is 5.92 Å². The Morgan fingerprint density at radius 1 is 1.19 bits per heavy atom. The monoisotopic (exact) mass is 478 g/mol. The Labute approximate surface area is 193 Å². The van der Waals surface area contributed by atoms with Crippen LogP contribution in [0.2, 0.25) is 0 Å². The zero-order valence-corrected chi connectivity index (χ0v) is 19.4. The zero-order valence-electron chi connectivity index (χ0n) is 17.8. The molecule has 1 saturated heterocycles. The fourth-order valence-electron chi connectivity index (χ4n) is 4.88. The van der Waals surface area contributed by atoms with E-state index in [9.17, 15) is 13.2 Å². The minimum absolute atomic E-state index is 0.270. The molecule has 1 aliphatic heterocycles. The molecule has 1 aliphatic carbocycles. The van der Waals surface area contributed by atoms with E-state index in [2.05, 4.69) is 31.1 Å². The molecule has 1 aromatic carbocycles. The molecular weight excluding hydrogens is 453 g/mol. The van der Waals surface area contributed by atoms with Gasteiger partial charge in [-0.3, -0.25) is 0 Å². The van der Waals surface area contributed by atoms with Crippen molar-refractivity contribution >= 4 is 23.1 Å². The Morgan fingerprint density at radius 3 is 2.72 bits per heavy atom. The standard InChI is InChI=1S/C23H25F3N4S2/c1-29-20(17-7-12-31-14-17)27-28-21(29)32-11-2-9-30-10-8-22(15-30)13-19(22)16-3-5-18(6-4-16)23(24,25)26/h3-7,12,14,19H,2,8-11,13,15H2,1H3/t19-,22?/m1/s1. The first-order chi connectivity index (χ1) is 15.4. The maximum atomic E-state index is 12.8. The number of halogens is 3. The molecular formula is C23H25F3N4S2. The second-order valence-electron chi connectivity index (χ2n) is 8.84. The molecule has 2 atom stereocenters. The van der Waals surface area contributed by atoms with Crippen LogP contribution >= 0.6 is 23.1 Å². The summed E-state index contributed by atoms with van der Waals surface area (Å²) < 4.78 is 40.5. The molecule has 1 saturated carbocycles. The van der Waals surface area contributed by atoms with Crippen molar-refractivity contribution in [2.24, 2.45) is 12.5 Å². The molecule has 0 N–H and O–H groups in total. The minimum atomic E-state index is -4.27. The van der Waals surface area contributed by atoms with Crippen LogP contribution in [-0.2, 0) is 13.2 Å². The van der Waals surface area contributed by atoms with Gasteiger partial charge in [-0.25, -0.2) is 0 Å². The van der Waals surface area contributed by atoms with Gasteiger partial charge in [-0.05, 0) is 72.8 Å². The van der Waals surface area contributed by atoms with Gasteiger partial charge in [0.1, 0.15) is 0 Å². The van der Waals surface area contributed by atoms with E-state index in [1.807, 2.05) is 12.4 Å². The summed E-state index contributed by atoms with van der Waals surface area (Å²) in [4.78, 5) is 2.51. The van der Waals surface area contributed by atoms with Crippen LogP contribution in [0.5, 0.6) is 0 Å². The van der Waals surface area contributed by atoms with Crippen molar-refractivity contribution in [1.82, 2.24) is 19.7 Å². The van der Waals surface area contributed by atoms with Crippen LogP contribution in [0, 0.1) is 5.41 Å². The molecule has 3 heterocycles. The summed E-state index contributed by atoms with van der Waals surface area (Å²) in [6.45, 7) is 3.17. The molecule has 32 heavy (non-hydrogen) atoms. The highest BCUT2D eigenvalue weighted by molar-refractivity contribution is 7.99. The second kappa shape index (κ2) is 8.50. The van der Waals surface area contributed by atoms with Crippen LogP contribution in [0.4, 0.5) is 13.2 Å². The lowest BCUT2D eigenvalue weighted by atomic mass is 9.97. The lowest BCUT2D eigenvalue weighted by Crippen LogP contribution is -2.23. The van der Waals surface area contributed by atoms with Gasteiger partial charge in [-0.15, -0.1) is 10.2 Å². The number of rotatable bonds is 7. The SMILES string of the molecule is Cn1c(SCCCN2CCC3(C[C@@H]3c3ccc(C(F)(F)F)cc3)C2)nnc1-c1ccsc1. The summed E-state index contributed by atoms with van der Waals surface area (Å²) in [6.07, 6.45) is -0.961. The zero-order chi connectivity index (χ0) is 22.3. The molecule has 0 amide bonds. The molecule has 9 heteroatoms. The van der Waals surface area contributed by atoms with Gasteiger partial charge in [0.2, 0.25) is 0 Å². The molecule has 1 unspecified atom stereocenters. The van der Waals surface area contributed by atoms with E-state index in [4.69, 9.17) is 0 Å². The van der Waals surface area contributed by atoms with E-state index in [-0.39, 0.29) is 5.41 Å². The van der Waals surface area contributed by atoms with Crippen molar-refractivity contribution in [2.75, 3.05) is 25.4 Å². The maximum absolute atomic E-state index is 12.8. The fraction of sp³-hybridized carbons (Fsp3) is 0.478. The highest BCUT2D eigenvalue weighted by atomic mass is 32.2. The van der Waals surface area contributed by atoms with Gasteiger partial charge in [0.25, 0.3) is 0 Å². The Hall–Kier alpha value is -1.84. The quantitative estimate of drug-likeness (QED) is 0.312. The first-order valence-electron chi connectivity index (χ1n) is 10.8. The average Bonchev–Trinajstić information content (AvgIpc) is 3.16. The van der Waals surface area contributed by atoms with Gasteiger partial charge >= 0.3 is 6.18 Å². The van der Waals surface area contributed by atoms with Gasteiger partial charge in [-0.2, -0.15) is 24.5 Å². The largest absolute Gasteiger partial charge is 0.416 e. The third-order valence-corrected chi connectivity index (χ3v) is 8.55. The van der Waals surface area contributed by atoms with Crippen LogP contribution in [0.1, 0.15) is 36.3 Å². The number of thioether (sulfide) groups is 1. The predicted octanol–water partition coefficient (Wildman–Crippen LogP) is 5.92. The first-order valence-corrected chi connectivity index (χ1v) is 12.7. The molecule has 1 spiro atoms. The number of likely N-dealkylation sites (tertiary alicyclic amines) is 1. The number of alkyl halides is 3. The highest BCUT2D eigenvalue weighted by Gasteiger charge is 2.57. The maximum Gasteiger partial charge on any atom is 0.416 e. The third kappa shape index (κ3) is 4.34. The molecule has 5 rings (SSSR count). The minimum Gasteiger partial charge on any atom is -0.305 e. The van der Waals surface area contributed by atoms with Crippen molar-refractivity contribution in [3.05, 3.63) is 52.2 Å². The Kier molecular flexibility index (Phi) is 5.84. The predicted molar refractivity (Wildman–Crippen MR) is 122 cm³/mol. The van der Waals surface area contributed by atoms with E-state index in [1.54, 1.807) is 35.2 Å². The van der Waals surface area contributed by atoms with Crippen molar-refractivity contribution in [2.45, 2.75) is 36.5 Å². The van der Waals surface area contributed by atoms with Crippen molar-refractivity contribution in [3.63, 3.8) is 0 Å². The number of benzene rings is 1. The van der Waals surface area contributed by atoms with Crippen LogP contribution < -0.4 is 0 Å². The first kappa shape index (κ1) is 22.0. The average molecular weight is 479 g/mol. The number of hydrogen-bond acceptors (Lipinski definition) is 5. The molecule has 2 aromatic heterocycles. The third-order valence-electron chi connectivity index (χ3n) is 6.76. The second-order valence-corrected chi connectivity index (χ2v) is 10.7. The number of thiophene rings is 1. The summed E-state index contributed by atoms with van der Waals surface area (Å²) in [6, 6.07) is 7.85. The van der Waals surface area contributed by atoms with Crippen LogP contribution in [0.25, 0.3) is 11.4 Å². The van der Waals surface area contributed by atoms with Gasteiger partial charge in [0, 0.05) is 30.3 Å². The van der Waals surface area contributed by atoms with Gasteiger partial charge in [-0.1, -0.05) is 23.9 Å². The lowest BCUT2D eigenvalue weighted by Gasteiger charge is -2.16. The topological polar surface area (TPSA) is 34.0 Å². The fourth-order valence-corrected chi connectivity index (χ4v) is 6.35. The van der Waals surface area contributed by atoms with Gasteiger partial charge < -0.3 is 9.47 Å². The lowest BCUT2D eigenvalue weighted by molar-refractivity contribution is -0.137. The Bertz CT molecular complexity index is 1060. The van der Waals surface area contributed by atoms with Crippen molar-refractivity contribution in [1.29, 1.82) is 0 Å². The van der Waals surface area contributed by atoms with E-state index >= 15 is 0 Å². The number of nitrogens with zero attached hydrogens (tertiary/aromatic N) is 4. The van der Waals surface area contributed by atoms with Crippen LogP contribution in [0.15, 0.2) is 46.2 Å².